The average molecular weight is 417 g/mol. The molecule has 6 heteroatoms. The van der Waals surface area contributed by atoms with Crippen molar-refractivity contribution in [2.75, 3.05) is 17.1 Å². The number of hydrogen-bond donors (Lipinski definition) is 1. The van der Waals surface area contributed by atoms with E-state index in [4.69, 9.17) is 0 Å². The summed E-state index contributed by atoms with van der Waals surface area (Å²) in [6.45, 7) is 12.0. The lowest BCUT2D eigenvalue weighted by Gasteiger charge is -2.24. The molecule has 0 fully saturated rings. The Kier molecular flexibility index (Phi) is 6.78. The number of sulfonamides is 1. The van der Waals surface area contributed by atoms with E-state index >= 15 is 0 Å². The highest BCUT2D eigenvalue weighted by atomic mass is 32.2. The topological polar surface area (TPSA) is 66.5 Å². The number of nitrogens with zero attached hydrogens (tertiary/aromatic N) is 1. The lowest BCUT2D eigenvalue weighted by Crippen LogP contribution is -2.41. The first kappa shape index (κ1) is 22.9. The first-order valence-electron chi connectivity index (χ1n) is 9.74. The Morgan fingerprint density at radius 2 is 1.62 bits per heavy atom. The third-order valence-corrected chi connectivity index (χ3v) is 6.26. The van der Waals surface area contributed by atoms with Crippen molar-refractivity contribution in [3.8, 4) is 0 Å². The van der Waals surface area contributed by atoms with Gasteiger partial charge in [-0.3, -0.25) is 9.10 Å². The smallest absolute Gasteiger partial charge is 0.241 e. The van der Waals surface area contributed by atoms with Gasteiger partial charge < -0.3 is 5.32 Å². The number of anilines is 1. The van der Waals surface area contributed by atoms with Crippen LogP contribution in [0.5, 0.6) is 0 Å². The van der Waals surface area contributed by atoms with Crippen LogP contribution in [-0.2, 0) is 20.2 Å². The summed E-state index contributed by atoms with van der Waals surface area (Å²) in [5, 5.41) is 2.91. The SMILES string of the molecule is Cc1ccc(N(CC(=O)N[C@H](C)c2ccc(C(C)(C)C)cc2)S(C)(=O)=O)cc1C. The van der Waals surface area contributed by atoms with Gasteiger partial charge in [0.05, 0.1) is 18.0 Å². The van der Waals surface area contributed by atoms with Crippen molar-refractivity contribution in [3.05, 3.63) is 64.7 Å². The van der Waals surface area contributed by atoms with Crippen molar-refractivity contribution in [2.45, 2.75) is 53.0 Å². The molecule has 1 amide bonds. The molecule has 0 spiro atoms. The van der Waals surface area contributed by atoms with Gasteiger partial charge in [-0.15, -0.1) is 0 Å². The maximum atomic E-state index is 12.6. The minimum Gasteiger partial charge on any atom is -0.348 e. The van der Waals surface area contributed by atoms with E-state index in [0.29, 0.717) is 5.69 Å². The summed E-state index contributed by atoms with van der Waals surface area (Å²) in [4.78, 5) is 12.6. The summed E-state index contributed by atoms with van der Waals surface area (Å²) in [6, 6.07) is 13.3. The predicted molar refractivity (Wildman–Crippen MR) is 120 cm³/mol. The van der Waals surface area contributed by atoms with Gasteiger partial charge in [-0.2, -0.15) is 0 Å². The first-order valence-corrected chi connectivity index (χ1v) is 11.6. The summed E-state index contributed by atoms with van der Waals surface area (Å²) in [7, 11) is -3.59. The quantitative estimate of drug-likeness (QED) is 0.766. The highest BCUT2D eigenvalue weighted by Gasteiger charge is 2.22. The molecule has 1 atom stereocenters. The molecule has 0 aliphatic heterocycles. The van der Waals surface area contributed by atoms with Gasteiger partial charge in [-0.25, -0.2) is 8.42 Å². The largest absolute Gasteiger partial charge is 0.348 e. The molecule has 0 bridgehead atoms. The molecule has 1 N–H and O–H groups in total. The molecule has 0 saturated heterocycles. The van der Waals surface area contributed by atoms with Crippen molar-refractivity contribution in [3.63, 3.8) is 0 Å². The number of carbonyl (C=O) groups is 1. The zero-order chi connectivity index (χ0) is 22.0. The highest BCUT2D eigenvalue weighted by Crippen LogP contribution is 2.24. The number of nitrogens with one attached hydrogen (secondary N) is 1. The summed E-state index contributed by atoms with van der Waals surface area (Å²) in [5.41, 5.74) is 4.80. The van der Waals surface area contributed by atoms with Gasteiger partial charge in [0.25, 0.3) is 0 Å². The van der Waals surface area contributed by atoms with E-state index in [2.05, 4.69) is 38.2 Å². The molecular weight excluding hydrogens is 384 g/mol. The van der Waals surface area contributed by atoms with Gasteiger partial charge in [0, 0.05) is 0 Å². The number of carbonyl (C=O) groups excluding carboxylic acids is 1. The fraction of sp³-hybridized carbons (Fsp3) is 0.435. The van der Waals surface area contributed by atoms with Gasteiger partial charge in [0.15, 0.2) is 0 Å². The molecular formula is C23H32N2O3S. The third kappa shape index (κ3) is 6.07. The summed E-state index contributed by atoms with van der Waals surface area (Å²) in [5.74, 6) is -0.346. The maximum absolute atomic E-state index is 12.6. The van der Waals surface area contributed by atoms with Gasteiger partial charge >= 0.3 is 0 Å². The molecule has 2 aromatic carbocycles. The van der Waals surface area contributed by atoms with E-state index in [9.17, 15) is 13.2 Å². The van der Waals surface area contributed by atoms with Crippen molar-refractivity contribution in [1.29, 1.82) is 0 Å². The number of hydrogen-bond acceptors (Lipinski definition) is 3. The molecule has 2 rings (SSSR count). The second kappa shape index (κ2) is 8.57. The molecule has 0 saturated carbocycles. The minimum absolute atomic E-state index is 0.0627. The molecule has 0 aliphatic rings. The second-order valence-electron chi connectivity index (χ2n) is 8.70. The van der Waals surface area contributed by atoms with E-state index in [-0.39, 0.29) is 23.9 Å². The lowest BCUT2D eigenvalue weighted by molar-refractivity contribution is -0.120. The average Bonchev–Trinajstić information content (AvgIpc) is 2.60. The molecule has 0 aliphatic carbocycles. The molecule has 2 aromatic rings. The highest BCUT2D eigenvalue weighted by molar-refractivity contribution is 7.92. The molecule has 29 heavy (non-hydrogen) atoms. The lowest BCUT2D eigenvalue weighted by atomic mass is 9.86. The van der Waals surface area contributed by atoms with Crippen molar-refractivity contribution < 1.29 is 13.2 Å². The third-order valence-electron chi connectivity index (χ3n) is 5.12. The van der Waals surface area contributed by atoms with Crippen LogP contribution in [0.1, 0.15) is 56.0 Å². The molecule has 0 unspecified atom stereocenters. The first-order chi connectivity index (χ1) is 13.3. The van der Waals surface area contributed by atoms with E-state index in [1.54, 1.807) is 12.1 Å². The van der Waals surface area contributed by atoms with Gasteiger partial charge in [0.1, 0.15) is 6.54 Å². The Morgan fingerprint density at radius 3 is 2.10 bits per heavy atom. The Hall–Kier alpha value is -2.34. The van der Waals surface area contributed by atoms with Crippen molar-refractivity contribution in [2.24, 2.45) is 0 Å². The van der Waals surface area contributed by atoms with E-state index in [1.807, 2.05) is 39.0 Å². The summed E-state index contributed by atoms with van der Waals surface area (Å²) in [6.07, 6.45) is 1.12. The number of aryl methyl sites for hydroxylation is 2. The second-order valence-corrected chi connectivity index (χ2v) is 10.6. The van der Waals surface area contributed by atoms with Crippen LogP contribution in [0.25, 0.3) is 0 Å². The van der Waals surface area contributed by atoms with Crippen molar-refractivity contribution in [1.82, 2.24) is 5.32 Å². The van der Waals surface area contributed by atoms with Crippen LogP contribution in [0.3, 0.4) is 0 Å². The Morgan fingerprint density at radius 1 is 1.03 bits per heavy atom. The molecule has 0 aromatic heterocycles. The normalized spacial score (nSPS) is 13.1. The predicted octanol–water partition coefficient (Wildman–Crippen LogP) is 4.24. The zero-order valence-electron chi connectivity index (χ0n) is 18.4. The summed E-state index contributed by atoms with van der Waals surface area (Å²) < 4.78 is 25.7. The Balaban J connectivity index is 2.14. The standard InChI is InChI=1S/C23H32N2O3S/c1-16-8-13-21(14-17(16)2)25(29(7,27)28)15-22(26)24-18(3)19-9-11-20(12-10-19)23(4,5)6/h8-14,18H,15H2,1-7H3,(H,24,26)/t18-/m1/s1. The monoisotopic (exact) mass is 416 g/mol. The van der Waals surface area contributed by atoms with E-state index < -0.39 is 10.0 Å². The van der Waals surface area contributed by atoms with Crippen LogP contribution in [0.4, 0.5) is 5.69 Å². The van der Waals surface area contributed by atoms with Crippen LogP contribution in [0, 0.1) is 13.8 Å². The molecule has 0 heterocycles. The van der Waals surface area contributed by atoms with E-state index in [1.165, 1.54) is 5.56 Å². The minimum atomic E-state index is -3.59. The fourth-order valence-corrected chi connectivity index (χ4v) is 3.90. The molecule has 158 valence electrons. The van der Waals surface area contributed by atoms with Crippen LogP contribution >= 0.6 is 0 Å². The number of rotatable bonds is 6. The van der Waals surface area contributed by atoms with Crippen molar-refractivity contribution >= 4 is 21.6 Å². The zero-order valence-corrected chi connectivity index (χ0v) is 19.2. The maximum Gasteiger partial charge on any atom is 0.241 e. The fourth-order valence-electron chi connectivity index (χ4n) is 3.05. The van der Waals surface area contributed by atoms with Crippen LogP contribution in [-0.4, -0.2) is 27.1 Å². The molecule has 0 radical (unpaired) electrons. The Bertz CT molecular complexity index is 974. The van der Waals surface area contributed by atoms with Gasteiger partial charge in [-0.1, -0.05) is 51.1 Å². The van der Waals surface area contributed by atoms with E-state index in [0.717, 1.165) is 27.3 Å². The molecule has 5 nitrogen and oxygen atoms in total. The van der Waals surface area contributed by atoms with Crippen LogP contribution in [0.15, 0.2) is 42.5 Å². The van der Waals surface area contributed by atoms with Crippen LogP contribution in [0.2, 0.25) is 0 Å². The number of amides is 1. The number of benzene rings is 2. The summed E-state index contributed by atoms with van der Waals surface area (Å²) >= 11 is 0. The van der Waals surface area contributed by atoms with Crippen LogP contribution < -0.4 is 9.62 Å². The van der Waals surface area contributed by atoms with Gasteiger partial charge in [-0.05, 0) is 60.6 Å². The van der Waals surface area contributed by atoms with Gasteiger partial charge in [0.2, 0.25) is 15.9 Å². The Labute approximate surface area is 175 Å².